The van der Waals surface area contributed by atoms with Crippen LogP contribution in [0.3, 0.4) is 0 Å². The number of hydrogen-bond acceptors (Lipinski definition) is 3. The molecule has 84 valence electrons. The molecule has 0 bridgehead atoms. The minimum absolute atomic E-state index is 0.343. The van der Waals surface area contributed by atoms with E-state index in [9.17, 15) is 4.79 Å². The van der Waals surface area contributed by atoms with Crippen LogP contribution in [0.2, 0.25) is 0 Å². The number of aryl methyl sites for hydroxylation is 1. The van der Waals surface area contributed by atoms with Crippen molar-refractivity contribution < 1.29 is 9.53 Å². The van der Waals surface area contributed by atoms with Gasteiger partial charge in [0.05, 0.1) is 17.7 Å². The summed E-state index contributed by atoms with van der Waals surface area (Å²) in [6.07, 6.45) is 0.746. The second-order valence-electron chi connectivity index (χ2n) is 3.18. The van der Waals surface area contributed by atoms with Crippen LogP contribution in [0, 0.1) is 14.9 Å². The molecule has 0 saturated heterocycles. The summed E-state index contributed by atoms with van der Waals surface area (Å²) in [5.41, 5.74) is 1.93. The van der Waals surface area contributed by atoms with Crippen LogP contribution in [0.5, 0.6) is 0 Å². The van der Waals surface area contributed by atoms with Gasteiger partial charge < -0.3 is 4.74 Å². The molecule has 0 N–H and O–H groups in total. The Bertz CT molecular complexity index is 449. The molecule has 16 heavy (non-hydrogen) atoms. The fourth-order valence-electron chi connectivity index (χ4n) is 1.39. The summed E-state index contributed by atoms with van der Waals surface area (Å²) in [5.74, 6) is -0.354. The van der Waals surface area contributed by atoms with E-state index < -0.39 is 0 Å². The molecule has 0 aliphatic heterocycles. The summed E-state index contributed by atoms with van der Waals surface area (Å²) in [4.78, 5) is 11.7. The van der Waals surface area contributed by atoms with Crippen LogP contribution in [-0.4, -0.2) is 12.6 Å². The predicted molar refractivity (Wildman–Crippen MR) is 69.2 cm³/mol. The highest BCUT2D eigenvalue weighted by atomic mass is 127. The molecule has 0 atom stereocenters. The maximum absolute atomic E-state index is 11.7. The fourth-order valence-corrected chi connectivity index (χ4v) is 2.04. The third kappa shape index (κ3) is 2.73. The zero-order chi connectivity index (χ0) is 12.1. The first kappa shape index (κ1) is 13.0. The minimum Gasteiger partial charge on any atom is -0.462 e. The van der Waals surface area contributed by atoms with Crippen molar-refractivity contribution in [3.63, 3.8) is 0 Å². The van der Waals surface area contributed by atoms with Gasteiger partial charge in [-0.1, -0.05) is 6.92 Å². The molecule has 0 aliphatic rings. The van der Waals surface area contributed by atoms with Crippen molar-refractivity contribution in [2.75, 3.05) is 6.61 Å². The lowest BCUT2D eigenvalue weighted by molar-refractivity contribution is 0.0525. The highest BCUT2D eigenvalue weighted by Gasteiger charge is 2.14. The minimum atomic E-state index is -0.354. The number of carbonyl (C=O) groups excluding carboxylic acids is 1. The third-order valence-electron chi connectivity index (χ3n) is 2.19. The first-order chi connectivity index (χ1) is 7.63. The average molecular weight is 329 g/mol. The van der Waals surface area contributed by atoms with E-state index in [-0.39, 0.29) is 5.97 Å². The first-order valence-corrected chi connectivity index (χ1v) is 6.11. The van der Waals surface area contributed by atoms with Crippen molar-refractivity contribution in [1.29, 1.82) is 5.26 Å². The lowest BCUT2D eigenvalue weighted by Crippen LogP contribution is -2.09. The van der Waals surface area contributed by atoms with E-state index in [0.29, 0.717) is 17.7 Å². The van der Waals surface area contributed by atoms with Crippen molar-refractivity contribution in [2.45, 2.75) is 20.3 Å². The molecule has 0 radical (unpaired) electrons. The zero-order valence-corrected chi connectivity index (χ0v) is 11.4. The van der Waals surface area contributed by atoms with Crippen LogP contribution in [-0.2, 0) is 11.2 Å². The molecule has 3 nitrogen and oxygen atoms in total. The van der Waals surface area contributed by atoms with Gasteiger partial charge in [-0.2, -0.15) is 5.26 Å². The molecule has 0 aliphatic carbocycles. The van der Waals surface area contributed by atoms with Crippen LogP contribution >= 0.6 is 22.6 Å². The number of halogens is 1. The van der Waals surface area contributed by atoms with Crippen LogP contribution in [0.4, 0.5) is 0 Å². The molecule has 0 saturated carbocycles. The first-order valence-electron chi connectivity index (χ1n) is 5.03. The van der Waals surface area contributed by atoms with Gasteiger partial charge in [0.15, 0.2) is 0 Å². The molecule has 0 heterocycles. The Labute approximate surface area is 109 Å². The van der Waals surface area contributed by atoms with Crippen molar-refractivity contribution >= 4 is 28.6 Å². The van der Waals surface area contributed by atoms with E-state index in [1.807, 2.05) is 13.0 Å². The van der Waals surface area contributed by atoms with E-state index in [4.69, 9.17) is 10.00 Å². The number of hydrogen-bond donors (Lipinski definition) is 0. The summed E-state index contributed by atoms with van der Waals surface area (Å²) in [6.45, 7) is 4.08. The maximum atomic E-state index is 11.7. The Morgan fingerprint density at radius 3 is 2.69 bits per heavy atom. The molecule has 0 spiro atoms. The van der Waals surface area contributed by atoms with Crippen molar-refractivity contribution in [3.05, 3.63) is 32.4 Å². The van der Waals surface area contributed by atoms with Crippen molar-refractivity contribution in [3.8, 4) is 6.07 Å². The van der Waals surface area contributed by atoms with Gasteiger partial charge in [-0.25, -0.2) is 4.79 Å². The molecule has 0 aromatic heterocycles. The smallest absolute Gasteiger partial charge is 0.338 e. The summed E-state index contributed by atoms with van der Waals surface area (Å²) in [7, 11) is 0. The van der Waals surface area contributed by atoms with E-state index in [2.05, 4.69) is 28.7 Å². The van der Waals surface area contributed by atoms with E-state index in [1.54, 1.807) is 13.0 Å². The predicted octanol–water partition coefficient (Wildman–Crippen LogP) is 2.90. The zero-order valence-electron chi connectivity index (χ0n) is 9.21. The van der Waals surface area contributed by atoms with E-state index in [0.717, 1.165) is 15.6 Å². The quantitative estimate of drug-likeness (QED) is 0.633. The number of nitrogens with zero attached hydrogens (tertiary/aromatic N) is 1. The van der Waals surface area contributed by atoms with Gasteiger partial charge in [-0.3, -0.25) is 0 Å². The SMILES string of the molecule is CCOC(=O)c1cc(C#N)c(I)cc1CC. The van der Waals surface area contributed by atoms with Crippen molar-refractivity contribution in [2.24, 2.45) is 0 Å². The summed E-state index contributed by atoms with van der Waals surface area (Å²) < 4.78 is 5.82. The van der Waals surface area contributed by atoms with E-state index >= 15 is 0 Å². The normalized spacial score (nSPS) is 9.62. The van der Waals surface area contributed by atoms with Crippen LogP contribution in [0.25, 0.3) is 0 Å². The van der Waals surface area contributed by atoms with Gasteiger partial charge in [-0.15, -0.1) is 0 Å². The van der Waals surface area contributed by atoms with Gasteiger partial charge in [-0.05, 0) is 53.6 Å². The second-order valence-corrected chi connectivity index (χ2v) is 4.34. The summed E-state index contributed by atoms with van der Waals surface area (Å²) in [5, 5.41) is 8.91. The number of carbonyl (C=O) groups is 1. The number of nitriles is 1. The third-order valence-corrected chi connectivity index (χ3v) is 3.08. The molecular weight excluding hydrogens is 317 g/mol. The largest absolute Gasteiger partial charge is 0.462 e. The monoisotopic (exact) mass is 329 g/mol. The Morgan fingerprint density at radius 2 is 2.19 bits per heavy atom. The number of ether oxygens (including phenoxy) is 1. The van der Waals surface area contributed by atoms with Gasteiger partial charge in [0.1, 0.15) is 6.07 Å². The molecule has 0 fully saturated rings. The summed E-state index contributed by atoms with van der Waals surface area (Å²) in [6, 6.07) is 5.54. The maximum Gasteiger partial charge on any atom is 0.338 e. The number of benzene rings is 1. The van der Waals surface area contributed by atoms with E-state index in [1.165, 1.54) is 0 Å². The van der Waals surface area contributed by atoms with Crippen LogP contribution in [0.1, 0.15) is 35.3 Å². The second kappa shape index (κ2) is 5.85. The lowest BCUT2D eigenvalue weighted by Gasteiger charge is -2.08. The number of rotatable bonds is 3. The van der Waals surface area contributed by atoms with Crippen LogP contribution < -0.4 is 0 Å². The topological polar surface area (TPSA) is 50.1 Å². The summed E-state index contributed by atoms with van der Waals surface area (Å²) >= 11 is 2.10. The molecule has 4 heteroatoms. The Kier molecular flexibility index (Phi) is 4.74. The molecular formula is C12H12INO2. The van der Waals surface area contributed by atoms with Crippen LogP contribution in [0.15, 0.2) is 12.1 Å². The Balaban J connectivity index is 3.26. The molecule has 0 unspecified atom stereocenters. The average Bonchev–Trinajstić information content (AvgIpc) is 2.28. The van der Waals surface area contributed by atoms with Gasteiger partial charge in [0.25, 0.3) is 0 Å². The van der Waals surface area contributed by atoms with Gasteiger partial charge in [0.2, 0.25) is 0 Å². The highest BCUT2D eigenvalue weighted by Crippen LogP contribution is 2.20. The van der Waals surface area contributed by atoms with Gasteiger partial charge in [0, 0.05) is 3.57 Å². The molecule has 1 aromatic rings. The standard InChI is InChI=1S/C12H12INO2/c1-3-8-6-11(13)9(7-14)5-10(8)12(15)16-4-2/h5-6H,3-4H2,1-2H3. The molecule has 0 amide bonds. The molecule has 1 rings (SSSR count). The lowest BCUT2D eigenvalue weighted by atomic mass is 10.0. The Morgan fingerprint density at radius 1 is 1.50 bits per heavy atom. The number of esters is 1. The fraction of sp³-hybridized carbons (Fsp3) is 0.333. The molecule has 1 aromatic carbocycles. The highest BCUT2D eigenvalue weighted by molar-refractivity contribution is 14.1. The van der Waals surface area contributed by atoms with Gasteiger partial charge >= 0.3 is 5.97 Å². The Hall–Kier alpha value is -1.09. The van der Waals surface area contributed by atoms with Crippen molar-refractivity contribution in [1.82, 2.24) is 0 Å².